The number of carbonyl (C=O) groups is 2. The number of anilines is 1. The summed E-state index contributed by atoms with van der Waals surface area (Å²) in [6.07, 6.45) is 1.56. The summed E-state index contributed by atoms with van der Waals surface area (Å²) in [4.78, 5) is 28.0. The zero-order chi connectivity index (χ0) is 20.5. The Kier molecular flexibility index (Phi) is 4.71. The van der Waals surface area contributed by atoms with Gasteiger partial charge in [0, 0.05) is 22.8 Å². The number of nitriles is 1. The summed E-state index contributed by atoms with van der Waals surface area (Å²) in [6.45, 7) is 4.09. The molecular weight excluding hydrogens is 384 g/mol. The molecule has 2 N–H and O–H groups in total. The van der Waals surface area contributed by atoms with Gasteiger partial charge in [-0.25, -0.2) is 4.98 Å². The molecular formula is C22H16N4O2S. The lowest BCUT2D eigenvalue weighted by molar-refractivity contribution is 0.0879. The first-order valence-electron chi connectivity index (χ1n) is 8.86. The highest BCUT2D eigenvalue weighted by molar-refractivity contribution is 7.11. The normalized spacial score (nSPS) is 13.1. The topological polar surface area (TPSA) is 94.9 Å². The van der Waals surface area contributed by atoms with E-state index < -0.39 is 11.8 Å². The highest BCUT2D eigenvalue weighted by Crippen LogP contribution is 2.29. The van der Waals surface area contributed by atoms with Crippen molar-refractivity contribution >= 4 is 34.4 Å². The van der Waals surface area contributed by atoms with Crippen molar-refractivity contribution in [1.82, 2.24) is 10.3 Å². The lowest BCUT2D eigenvalue weighted by Gasteiger charge is -2.04. The molecule has 0 saturated carbocycles. The molecule has 29 heavy (non-hydrogen) atoms. The van der Waals surface area contributed by atoms with E-state index in [1.807, 2.05) is 31.4 Å². The van der Waals surface area contributed by atoms with Crippen LogP contribution in [0, 0.1) is 25.2 Å². The first-order valence-corrected chi connectivity index (χ1v) is 9.74. The average molecular weight is 400 g/mol. The quantitative estimate of drug-likeness (QED) is 0.503. The van der Waals surface area contributed by atoms with Crippen LogP contribution in [0.15, 0.2) is 48.0 Å². The number of fused-ring (bicyclic) bond motifs is 1. The van der Waals surface area contributed by atoms with Crippen molar-refractivity contribution in [2.75, 3.05) is 5.32 Å². The zero-order valence-corrected chi connectivity index (χ0v) is 16.6. The van der Waals surface area contributed by atoms with E-state index in [2.05, 4.69) is 27.8 Å². The lowest BCUT2D eigenvalue weighted by Crippen LogP contribution is -2.19. The minimum absolute atomic E-state index is 0.318. The second-order valence-corrected chi connectivity index (χ2v) is 7.57. The first kappa shape index (κ1) is 18.6. The standard InChI is InChI=1S/C22H16N4O2S/c1-12-3-5-16(13(2)7-12)19-11-29-22(25-19)14(9-23)10-24-15-4-6-17-18(8-15)21(28)26-20(17)27/h3-8,10-11,24H,1-2H3,(H,26,27,28)/b14-10+. The molecule has 2 amide bonds. The molecule has 0 saturated heterocycles. The number of rotatable bonds is 4. The number of imide groups is 1. The second-order valence-electron chi connectivity index (χ2n) is 6.71. The van der Waals surface area contributed by atoms with E-state index in [0.717, 1.165) is 16.8 Å². The Balaban J connectivity index is 1.59. The molecule has 0 spiro atoms. The van der Waals surface area contributed by atoms with E-state index in [0.29, 0.717) is 27.4 Å². The number of nitrogens with zero attached hydrogens (tertiary/aromatic N) is 2. The van der Waals surface area contributed by atoms with Gasteiger partial charge in [-0.3, -0.25) is 14.9 Å². The fourth-order valence-electron chi connectivity index (χ4n) is 3.18. The summed E-state index contributed by atoms with van der Waals surface area (Å²) in [5, 5.41) is 17.4. The van der Waals surface area contributed by atoms with Gasteiger partial charge in [0.1, 0.15) is 16.6 Å². The van der Waals surface area contributed by atoms with Crippen LogP contribution in [0.4, 0.5) is 5.69 Å². The van der Waals surface area contributed by atoms with Crippen LogP contribution in [0.1, 0.15) is 36.9 Å². The molecule has 0 fully saturated rings. The van der Waals surface area contributed by atoms with Gasteiger partial charge in [-0.2, -0.15) is 5.26 Å². The fourth-order valence-corrected chi connectivity index (χ4v) is 3.96. The maximum atomic E-state index is 11.8. The van der Waals surface area contributed by atoms with Crippen LogP contribution in [-0.2, 0) is 0 Å². The maximum Gasteiger partial charge on any atom is 0.259 e. The van der Waals surface area contributed by atoms with Gasteiger partial charge in [-0.1, -0.05) is 23.8 Å². The van der Waals surface area contributed by atoms with Crippen LogP contribution < -0.4 is 10.6 Å². The molecule has 0 atom stereocenters. The minimum atomic E-state index is -0.420. The van der Waals surface area contributed by atoms with Gasteiger partial charge in [0.05, 0.1) is 16.8 Å². The molecule has 0 aliphatic carbocycles. The summed E-state index contributed by atoms with van der Waals surface area (Å²) >= 11 is 1.40. The Labute approximate surface area is 171 Å². The number of carbonyl (C=O) groups excluding carboxylic acids is 2. The maximum absolute atomic E-state index is 11.8. The van der Waals surface area contributed by atoms with Gasteiger partial charge in [0.2, 0.25) is 0 Å². The number of hydrogen-bond donors (Lipinski definition) is 2. The van der Waals surface area contributed by atoms with E-state index in [4.69, 9.17) is 0 Å². The van der Waals surface area contributed by atoms with Crippen molar-refractivity contribution < 1.29 is 9.59 Å². The van der Waals surface area contributed by atoms with Crippen LogP contribution in [-0.4, -0.2) is 16.8 Å². The van der Waals surface area contributed by atoms with Crippen LogP contribution in [0.3, 0.4) is 0 Å². The van der Waals surface area contributed by atoms with Crippen LogP contribution in [0.5, 0.6) is 0 Å². The number of thiazole rings is 1. The van der Waals surface area contributed by atoms with E-state index in [1.54, 1.807) is 24.4 Å². The number of benzene rings is 2. The average Bonchev–Trinajstić information content (AvgIpc) is 3.28. The Bertz CT molecular complexity index is 1230. The zero-order valence-electron chi connectivity index (χ0n) is 15.7. The van der Waals surface area contributed by atoms with Crippen molar-refractivity contribution in [1.29, 1.82) is 5.26 Å². The highest BCUT2D eigenvalue weighted by Gasteiger charge is 2.26. The fraction of sp³-hybridized carbons (Fsp3) is 0.0909. The second kappa shape index (κ2) is 7.34. The molecule has 0 unspecified atom stereocenters. The van der Waals surface area contributed by atoms with Crippen molar-refractivity contribution in [3.8, 4) is 17.3 Å². The van der Waals surface area contributed by atoms with Crippen molar-refractivity contribution in [2.45, 2.75) is 13.8 Å². The molecule has 2 aromatic carbocycles. The van der Waals surface area contributed by atoms with Crippen molar-refractivity contribution in [3.05, 3.63) is 75.2 Å². The SMILES string of the molecule is Cc1ccc(-c2csc(/C(C#N)=C/Nc3ccc4c(c3)C(=O)NC4=O)n2)c(C)c1. The molecule has 0 bridgehead atoms. The summed E-state index contributed by atoms with van der Waals surface area (Å²) in [7, 11) is 0. The largest absolute Gasteiger partial charge is 0.360 e. The Morgan fingerprint density at radius 3 is 2.62 bits per heavy atom. The molecule has 6 nitrogen and oxygen atoms in total. The minimum Gasteiger partial charge on any atom is -0.360 e. The first-order chi connectivity index (χ1) is 14.0. The number of nitrogens with one attached hydrogen (secondary N) is 2. The molecule has 7 heteroatoms. The molecule has 3 aromatic rings. The molecule has 4 rings (SSSR count). The number of amides is 2. The lowest BCUT2D eigenvalue weighted by atomic mass is 10.0. The van der Waals surface area contributed by atoms with Crippen molar-refractivity contribution in [3.63, 3.8) is 0 Å². The van der Waals surface area contributed by atoms with Gasteiger partial charge in [0.15, 0.2) is 0 Å². The third-order valence-corrected chi connectivity index (χ3v) is 5.51. The predicted molar refractivity (Wildman–Crippen MR) is 112 cm³/mol. The van der Waals surface area contributed by atoms with Crippen LogP contribution >= 0.6 is 11.3 Å². The summed E-state index contributed by atoms with van der Waals surface area (Å²) in [5.74, 6) is -0.817. The molecule has 2 heterocycles. The molecule has 142 valence electrons. The Morgan fingerprint density at radius 2 is 1.86 bits per heavy atom. The smallest absolute Gasteiger partial charge is 0.259 e. The highest BCUT2D eigenvalue weighted by atomic mass is 32.1. The van der Waals surface area contributed by atoms with Gasteiger partial charge in [-0.15, -0.1) is 11.3 Å². The third kappa shape index (κ3) is 3.53. The Hall–Kier alpha value is -3.76. The van der Waals surface area contributed by atoms with E-state index in [1.165, 1.54) is 16.9 Å². The third-order valence-electron chi connectivity index (χ3n) is 4.63. The number of aryl methyl sites for hydroxylation is 2. The molecule has 1 aliphatic heterocycles. The van der Waals surface area contributed by atoms with Gasteiger partial charge in [0.25, 0.3) is 11.8 Å². The summed E-state index contributed by atoms with van der Waals surface area (Å²) in [6, 6.07) is 13.2. The summed E-state index contributed by atoms with van der Waals surface area (Å²) < 4.78 is 0. The van der Waals surface area contributed by atoms with E-state index >= 15 is 0 Å². The van der Waals surface area contributed by atoms with Gasteiger partial charge in [-0.05, 0) is 37.6 Å². The Morgan fingerprint density at radius 1 is 1.10 bits per heavy atom. The summed E-state index contributed by atoms with van der Waals surface area (Å²) in [5.41, 5.74) is 5.84. The molecule has 1 aromatic heterocycles. The van der Waals surface area contributed by atoms with E-state index in [9.17, 15) is 14.9 Å². The number of aromatic nitrogens is 1. The van der Waals surface area contributed by atoms with Crippen LogP contribution in [0.25, 0.3) is 16.8 Å². The number of hydrogen-bond acceptors (Lipinski definition) is 6. The molecule has 1 aliphatic rings. The predicted octanol–water partition coefficient (Wildman–Crippen LogP) is 4.29. The number of allylic oxidation sites excluding steroid dienone is 1. The monoisotopic (exact) mass is 400 g/mol. The van der Waals surface area contributed by atoms with E-state index in [-0.39, 0.29) is 0 Å². The van der Waals surface area contributed by atoms with Gasteiger partial charge < -0.3 is 5.32 Å². The van der Waals surface area contributed by atoms with Gasteiger partial charge >= 0.3 is 0 Å². The van der Waals surface area contributed by atoms with Crippen molar-refractivity contribution in [2.24, 2.45) is 0 Å². The van der Waals surface area contributed by atoms with Crippen LogP contribution in [0.2, 0.25) is 0 Å². The molecule has 0 radical (unpaired) electrons.